The molecule has 1 fully saturated rings. The number of rotatable bonds is 2. The van der Waals surface area contributed by atoms with Crippen LogP contribution in [0.2, 0.25) is 0 Å². The first kappa shape index (κ1) is 14.3. The molecule has 0 aromatic heterocycles. The van der Waals surface area contributed by atoms with Gasteiger partial charge in [0.15, 0.2) is 0 Å². The van der Waals surface area contributed by atoms with Crippen molar-refractivity contribution in [2.75, 3.05) is 13.1 Å². The monoisotopic (exact) mass is 273 g/mol. The molecule has 1 aromatic rings. The van der Waals surface area contributed by atoms with Gasteiger partial charge < -0.3 is 10.0 Å². The third-order valence-electron chi connectivity index (χ3n) is 3.91. The van der Waals surface area contributed by atoms with Crippen molar-refractivity contribution >= 4 is 17.4 Å². The fraction of sp³-hybridized carbons (Fsp3) is 0.375. The predicted molar refractivity (Wildman–Crippen MR) is 77.5 cm³/mol. The van der Waals surface area contributed by atoms with Gasteiger partial charge in [-0.15, -0.1) is 0 Å². The second-order valence-corrected chi connectivity index (χ2v) is 5.12. The molecular formula is C16H19NO3. The van der Waals surface area contributed by atoms with Gasteiger partial charge in [-0.1, -0.05) is 17.7 Å². The summed E-state index contributed by atoms with van der Waals surface area (Å²) < 4.78 is 0. The molecule has 2 rings (SSSR count). The molecule has 0 aliphatic carbocycles. The smallest absolute Gasteiger partial charge is 0.335 e. The standard InChI is InChI=1S/C16H19NO3/c1-11(13-3-5-15(6-4-13)16(19)20)14-7-9-17(10-8-14)12(2)18/h3-6H,7-10H2,1-2H3,(H,19,20). The first-order chi connectivity index (χ1) is 9.49. The molecular weight excluding hydrogens is 254 g/mol. The second-order valence-electron chi connectivity index (χ2n) is 5.12. The Hall–Kier alpha value is -2.10. The number of nitrogens with zero attached hydrogens (tertiary/aromatic N) is 1. The Kier molecular flexibility index (Phi) is 4.23. The van der Waals surface area contributed by atoms with Crippen molar-refractivity contribution in [3.05, 3.63) is 41.0 Å². The van der Waals surface area contributed by atoms with Crippen LogP contribution in [0.25, 0.3) is 5.57 Å². The van der Waals surface area contributed by atoms with E-state index in [1.54, 1.807) is 19.1 Å². The zero-order valence-corrected chi connectivity index (χ0v) is 11.8. The maximum Gasteiger partial charge on any atom is 0.335 e. The molecule has 1 amide bonds. The molecule has 0 bridgehead atoms. The van der Waals surface area contributed by atoms with Gasteiger partial charge in [0.2, 0.25) is 5.91 Å². The molecule has 0 saturated carbocycles. The molecule has 1 aliphatic heterocycles. The Labute approximate surface area is 118 Å². The number of amides is 1. The molecule has 1 N–H and O–H groups in total. The number of carboxylic acids is 1. The lowest BCUT2D eigenvalue weighted by atomic mass is 9.94. The molecule has 106 valence electrons. The molecule has 1 aromatic carbocycles. The van der Waals surface area contributed by atoms with Crippen molar-refractivity contribution in [1.82, 2.24) is 4.90 Å². The first-order valence-corrected chi connectivity index (χ1v) is 6.77. The molecule has 0 atom stereocenters. The Morgan fingerprint density at radius 1 is 1.00 bits per heavy atom. The van der Waals surface area contributed by atoms with E-state index in [-0.39, 0.29) is 5.91 Å². The highest BCUT2D eigenvalue weighted by atomic mass is 16.4. The van der Waals surface area contributed by atoms with E-state index in [9.17, 15) is 9.59 Å². The van der Waals surface area contributed by atoms with Crippen molar-refractivity contribution in [1.29, 1.82) is 0 Å². The molecule has 0 radical (unpaired) electrons. The quantitative estimate of drug-likeness (QED) is 0.901. The SMILES string of the molecule is CC(=O)N1CCC(=C(C)c2ccc(C(=O)O)cc2)CC1. The molecule has 4 heteroatoms. The van der Waals surface area contributed by atoms with Crippen LogP contribution in [0, 0.1) is 0 Å². The lowest BCUT2D eigenvalue weighted by molar-refractivity contribution is -0.129. The fourth-order valence-electron chi connectivity index (χ4n) is 2.53. The fourth-order valence-corrected chi connectivity index (χ4v) is 2.53. The van der Waals surface area contributed by atoms with E-state index in [0.717, 1.165) is 31.5 Å². The summed E-state index contributed by atoms with van der Waals surface area (Å²) in [6.07, 6.45) is 1.79. The van der Waals surface area contributed by atoms with Gasteiger partial charge in [0.05, 0.1) is 5.56 Å². The molecule has 0 spiro atoms. The van der Waals surface area contributed by atoms with Crippen LogP contribution in [0.1, 0.15) is 42.6 Å². The third-order valence-corrected chi connectivity index (χ3v) is 3.91. The van der Waals surface area contributed by atoms with Crippen molar-refractivity contribution in [2.24, 2.45) is 0 Å². The zero-order valence-electron chi connectivity index (χ0n) is 11.8. The van der Waals surface area contributed by atoms with Crippen LogP contribution in [0.3, 0.4) is 0 Å². The number of piperidine rings is 1. The summed E-state index contributed by atoms with van der Waals surface area (Å²) in [4.78, 5) is 24.0. The number of hydrogen-bond acceptors (Lipinski definition) is 2. The number of hydrogen-bond donors (Lipinski definition) is 1. The maximum atomic E-state index is 11.3. The largest absolute Gasteiger partial charge is 0.478 e. The van der Waals surface area contributed by atoms with Crippen LogP contribution in [-0.2, 0) is 4.79 Å². The van der Waals surface area contributed by atoms with E-state index in [1.807, 2.05) is 17.0 Å². The molecule has 4 nitrogen and oxygen atoms in total. The van der Waals surface area contributed by atoms with Crippen LogP contribution in [0.5, 0.6) is 0 Å². The first-order valence-electron chi connectivity index (χ1n) is 6.77. The summed E-state index contributed by atoms with van der Waals surface area (Å²) in [6, 6.07) is 6.96. The minimum Gasteiger partial charge on any atom is -0.478 e. The average Bonchev–Trinajstić information content (AvgIpc) is 2.46. The minimum absolute atomic E-state index is 0.132. The van der Waals surface area contributed by atoms with Crippen molar-refractivity contribution in [3.63, 3.8) is 0 Å². The van der Waals surface area contributed by atoms with Crippen LogP contribution >= 0.6 is 0 Å². The number of aromatic carboxylic acids is 1. The van der Waals surface area contributed by atoms with Gasteiger partial charge in [-0.25, -0.2) is 4.79 Å². The summed E-state index contributed by atoms with van der Waals surface area (Å²) >= 11 is 0. The molecule has 1 aliphatic rings. The number of carboxylic acid groups (broad SMARTS) is 1. The highest BCUT2D eigenvalue weighted by Crippen LogP contribution is 2.26. The van der Waals surface area contributed by atoms with Gasteiger partial charge in [0, 0.05) is 20.0 Å². The number of likely N-dealkylation sites (tertiary alicyclic amines) is 1. The number of carbonyl (C=O) groups is 2. The highest BCUT2D eigenvalue weighted by Gasteiger charge is 2.17. The summed E-state index contributed by atoms with van der Waals surface area (Å²) in [5, 5.41) is 8.89. The van der Waals surface area contributed by atoms with E-state index in [2.05, 4.69) is 6.92 Å². The van der Waals surface area contributed by atoms with Crippen molar-refractivity contribution in [2.45, 2.75) is 26.7 Å². The van der Waals surface area contributed by atoms with Crippen LogP contribution < -0.4 is 0 Å². The third kappa shape index (κ3) is 3.07. The predicted octanol–water partition coefficient (Wildman–Crippen LogP) is 2.80. The molecule has 1 saturated heterocycles. The lowest BCUT2D eigenvalue weighted by Gasteiger charge is -2.28. The number of carbonyl (C=O) groups excluding carboxylic acids is 1. The summed E-state index contributed by atoms with van der Waals surface area (Å²) in [5.74, 6) is -0.774. The zero-order chi connectivity index (χ0) is 14.7. The van der Waals surface area contributed by atoms with E-state index >= 15 is 0 Å². The van der Waals surface area contributed by atoms with Gasteiger partial charge in [0.25, 0.3) is 0 Å². The van der Waals surface area contributed by atoms with Crippen molar-refractivity contribution < 1.29 is 14.7 Å². The number of benzene rings is 1. The van der Waals surface area contributed by atoms with E-state index < -0.39 is 5.97 Å². The summed E-state index contributed by atoms with van der Waals surface area (Å²) in [7, 11) is 0. The highest BCUT2D eigenvalue weighted by molar-refractivity contribution is 5.88. The topological polar surface area (TPSA) is 57.6 Å². The van der Waals surface area contributed by atoms with Crippen LogP contribution in [0.4, 0.5) is 0 Å². The number of allylic oxidation sites excluding steroid dienone is 1. The second kappa shape index (κ2) is 5.90. The summed E-state index contributed by atoms with van der Waals surface area (Å²) in [5.41, 5.74) is 3.91. The van der Waals surface area contributed by atoms with E-state index in [1.165, 1.54) is 11.1 Å². The Morgan fingerprint density at radius 3 is 1.95 bits per heavy atom. The summed E-state index contributed by atoms with van der Waals surface area (Å²) in [6.45, 7) is 5.21. The Morgan fingerprint density at radius 2 is 1.50 bits per heavy atom. The Balaban J connectivity index is 2.14. The van der Waals surface area contributed by atoms with E-state index in [4.69, 9.17) is 5.11 Å². The molecule has 1 heterocycles. The van der Waals surface area contributed by atoms with Gasteiger partial charge in [-0.3, -0.25) is 4.79 Å². The van der Waals surface area contributed by atoms with Crippen molar-refractivity contribution in [3.8, 4) is 0 Å². The maximum absolute atomic E-state index is 11.3. The van der Waals surface area contributed by atoms with Gasteiger partial charge in [0.1, 0.15) is 0 Å². The average molecular weight is 273 g/mol. The Bertz CT molecular complexity index is 548. The van der Waals surface area contributed by atoms with Crippen LogP contribution in [0.15, 0.2) is 29.8 Å². The van der Waals surface area contributed by atoms with Gasteiger partial charge in [-0.05, 0) is 43.0 Å². The van der Waals surface area contributed by atoms with Gasteiger partial charge >= 0.3 is 5.97 Å². The molecule has 20 heavy (non-hydrogen) atoms. The van der Waals surface area contributed by atoms with Gasteiger partial charge in [-0.2, -0.15) is 0 Å². The van der Waals surface area contributed by atoms with Crippen LogP contribution in [-0.4, -0.2) is 35.0 Å². The normalized spacial score (nSPS) is 15.1. The molecule has 0 unspecified atom stereocenters. The lowest BCUT2D eigenvalue weighted by Crippen LogP contribution is -2.34. The van der Waals surface area contributed by atoms with E-state index in [0.29, 0.717) is 5.56 Å². The minimum atomic E-state index is -0.906.